The van der Waals surface area contributed by atoms with Crippen molar-refractivity contribution in [2.75, 3.05) is 7.11 Å². The van der Waals surface area contributed by atoms with Crippen molar-refractivity contribution < 1.29 is 18.1 Å². The van der Waals surface area contributed by atoms with Crippen LogP contribution in [0.3, 0.4) is 0 Å². The Morgan fingerprint density at radius 2 is 2.14 bits per heavy atom. The van der Waals surface area contributed by atoms with Crippen LogP contribution in [0.1, 0.15) is 5.56 Å². The predicted octanol–water partition coefficient (Wildman–Crippen LogP) is 0.496. The Morgan fingerprint density at radius 1 is 1.43 bits per heavy atom. The number of hydrogen-bond donors (Lipinski definition) is 1. The van der Waals surface area contributed by atoms with Crippen molar-refractivity contribution in [2.45, 2.75) is 11.6 Å². The minimum atomic E-state index is -3.87. The number of sulfonamides is 1. The molecule has 2 aromatic rings. The Labute approximate surface area is 120 Å². The largest absolute Gasteiger partial charge is 0.496 e. The summed E-state index contributed by atoms with van der Waals surface area (Å²) >= 11 is 0. The number of nitro groups is 1. The molecule has 0 saturated carbocycles. The highest BCUT2D eigenvalue weighted by Crippen LogP contribution is 2.23. The summed E-state index contributed by atoms with van der Waals surface area (Å²) in [5.41, 5.74) is 0.454. The lowest BCUT2D eigenvalue weighted by Crippen LogP contribution is -2.12. The van der Waals surface area contributed by atoms with E-state index in [9.17, 15) is 18.5 Å². The van der Waals surface area contributed by atoms with Crippen molar-refractivity contribution in [1.82, 2.24) is 9.55 Å². The Balaban J connectivity index is 2.33. The van der Waals surface area contributed by atoms with E-state index in [4.69, 9.17) is 9.88 Å². The smallest absolute Gasteiger partial charge is 0.273 e. The van der Waals surface area contributed by atoms with Crippen molar-refractivity contribution in [3.63, 3.8) is 0 Å². The van der Waals surface area contributed by atoms with E-state index >= 15 is 0 Å². The van der Waals surface area contributed by atoms with Crippen LogP contribution >= 0.6 is 0 Å². The first kappa shape index (κ1) is 14.9. The molecule has 0 aliphatic carbocycles. The molecule has 2 rings (SSSR count). The van der Waals surface area contributed by atoms with Gasteiger partial charge in [-0.2, -0.15) is 0 Å². The minimum Gasteiger partial charge on any atom is -0.496 e. The van der Waals surface area contributed by atoms with Crippen molar-refractivity contribution in [1.29, 1.82) is 0 Å². The van der Waals surface area contributed by atoms with Crippen LogP contribution in [0.2, 0.25) is 0 Å². The minimum absolute atomic E-state index is 0.115. The monoisotopic (exact) mass is 312 g/mol. The van der Waals surface area contributed by atoms with Gasteiger partial charge in [0.15, 0.2) is 5.03 Å². The van der Waals surface area contributed by atoms with Gasteiger partial charge in [0, 0.05) is 18.8 Å². The number of nitrogens with zero attached hydrogens (tertiary/aromatic N) is 3. The Hall–Kier alpha value is -2.46. The Bertz CT molecular complexity index is 784. The van der Waals surface area contributed by atoms with Crippen LogP contribution < -0.4 is 9.88 Å². The first-order chi connectivity index (χ1) is 9.79. The predicted molar refractivity (Wildman–Crippen MR) is 72.4 cm³/mol. The number of aromatic nitrogens is 2. The number of methoxy groups -OCH3 is 1. The molecule has 0 amide bonds. The first-order valence-corrected chi connectivity index (χ1v) is 7.21. The van der Waals surface area contributed by atoms with Crippen LogP contribution in [0.5, 0.6) is 5.75 Å². The van der Waals surface area contributed by atoms with E-state index in [-0.39, 0.29) is 17.3 Å². The molecule has 0 aliphatic rings. The molecule has 0 radical (unpaired) electrons. The summed E-state index contributed by atoms with van der Waals surface area (Å²) in [6, 6.07) is 4.29. The molecule has 0 spiro atoms. The fourth-order valence-electron chi connectivity index (χ4n) is 1.74. The standard InChI is InChI=1S/C11H12N4O5S/c1-20-10-3-8(2-9(4-10)15(16)17)5-14-6-11(13-7-14)21(12,18)19/h2-4,6-7H,5H2,1H3,(H2,12,18,19). The number of nitrogens with two attached hydrogens (primary N) is 1. The Morgan fingerprint density at radius 3 is 2.67 bits per heavy atom. The molecule has 9 nitrogen and oxygen atoms in total. The highest BCUT2D eigenvalue weighted by molar-refractivity contribution is 7.89. The van der Waals surface area contributed by atoms with Gasteiger partial charge < -0.3 is 9.30 Å². The fraction of sp³-hybridized carbons (Fsp3) is 0.182. The highest BCUT2D eigenvalue weighted by Gasteiger charge is 2.13. The molecule has 1 aromatic heterocycles. The SMILES string of the molecule is COc1cc(Cn2cnc(S(N)(=O)=O)c2)cc([N+](=O)[O-])c1. The molecule has 112 valence electrons. The lowest BCUT2D eigenvalue weighted by molar-refractivity contribution is -0.385. The number of rotatable bonds is 5. The molecular weight excluding hydrogens is 300 g/mol. The van der Waals surface area contributed by atoms with Gasteiger partial charge in [-0.15, -0.1) is 0 Å². The number of nitro benzene ring substituents is 1. The molecule has 0 fully saturated rings. The van der Waals surface area contributed by atoms with E-state index in [2.05, 4.69) is 4.98 Å². The van der Waals surface area contributed by atoms with Gasteiger partial charge in [-0.25, -0.2) is 18.5 Å². The summed E-state index contributed by atoms with van der Waals surface area (Å²) in [5.74, 6) is 0.339. The number of hydrogen-bond acceptors (Lipinski definition) is 6. The van der Waals surface area contributed by atoms with Crippen molar-refractivity contribution in [3.05, 3.63) is 46.4 Å². The average Bonchev–Trinajstić information content (AvgIpc) is 2.86. The summed E-state index contributed by atoms with van der Waals surface area (Å²) < 4.78 is 28.7. The quantitative estimate of drug-likeness (QED) is 0.631. The molecule has 10 heteroatoms. The van der Waals surface area contributed by atoms with E-state index < -0.39 is 14.9 Å². The second kappa shape index (κ2) is 5.50. The highest BCUT2D eigenvalue weighted by atomic mass is 32.2. The van der Waals surface area contributed by atoms with Crippen LogP contribution in [-0.4, -0.2) is 30.0 Å². The van der Waals surface area contributed by atoms with Gasteiger partial charge >= 0.3 is 0 Å². The third-order valence-corrected chi connectivity index (χ3v) is 3.46. The molecule has 0 atom stereocenters. The molecule has 0 bridgehead atoms. The number of ether oxygens (including phenoxy) is 1. The first-order valence-electron chi connectivity index (χ1n) is 5.66. The molecular formula is C11H12N4O5S. The van der Waals surface area contributed by atoms with Crippen LogP contribution in [0, 0.1) is 10.1 Å². The van der Waals surface area contributed by atoms with Gasteiger partial charge in [0.1, 0.15) is 5.75 Å². The molecule has 0 aliphatic heterocycles. The summed E-state index contributed by atoms with van der Waals surface area (Å²) in [6.45, 7) is 0.195. The zero-order valence-corrected chi connectivity index (χ0v) is 11.8. The van der Waals surface area contributed by atoms with Crippen molar-refractivity contribution in [2.24, 2.45) is 5.14 Å². The lowest BCUT2D eigenvalue weighted by atomic mass is 10.2. The molecule has 0 unspecified atom stereocenters. The molecule has 1 aromatic carbocycles. The summed E-state index contributed by atoms with van der Waals surface area (Å²) in [5, 5.41) is 15.5. The van der Waals surface area contributed by atoms with Crippen molar-refractivity contribution in [3.8, 4) is 5.75 Å². The van der Waals surface area contributed by atoms with Gasteiger partial charge in [-0.1, -0.05) is 0 Å². The van der Waals surface area contributed by atoms with Gasteiger partial charge in [-0.3, -0.25) is 10.1 Å². The average molecular weight is 312 g/mol. The maximum absolute atomic E-state index is 11.1. The van der Waals surface area contributed by atoms with E-state index in [1.165, 1.54) is 36.3 Å². The van der Waals surface area contributed by atoms with Crippen LogP contribution in [0.4, 0.5) is 5.69 Å². The zero-order valence-electron chi connectivity index (χ0n) is 11.0. The molecule has 2 N–H and O–H groups in total. The van der Waals surface area contributed by atoms with Crippen LogP contribution in [0.25, 0.3) is 0 Å². The number of benzene rings is 1. The van der Waals surface area contributed by atoms with Gasteiger partial charge in [-0.05, 0) is 11.6 Å². The van der Waals surface area contributed by atoms with E-state index in [1.54, 1.807) is 6.07 Å². The van der Waals surface area contributed by atoms with Gasteiger partial charge in [0.05, 0.1) is 24.4 Å². The summed E-state index contributed by atoms with van der Waals surface area (Å²) in [4.78, 5) is 14.0. The maximum Gasteiger partial charge on any atom is 0.273 e. The number of imidazole rings is 1. The van der Waals surface area contributed by atoms with Crippen molar-refractivity contribution >= 4 is 15.7 Å². The number of non-ortho nitro benzene ring substituents is 1. The topological polar surface area (TPSA) is 130 Å². The van der Waals surface area contributed by atoms with E-state index in [1.807, 2.05) is 0 Å². The van der Waals surface area contributed by atoms with E-state index in [0.29, 0.717) is 11.3 Å². The Kier molecular flexibility index (Phi) is 3.91. The zero-order chi connectivity index (χ0) is 15.6. The maximum atomic E-state index is 11.1. The van der Waals surface area contributed by atoms with Gasteiger partial charge in [0.2, 0.25) is 0 Å². The van der Waals surface area contributed by atoms with Crippen LogP contribution in [-0.2, 0) is 16.6 Å². The molecule has 1 heterocycles. The third kappa shape index (κ3) is 3.55. The number of primary sulfonamides is 1. The second-order valence-electron chi connectivity index (χ2n) is 4.23. The van der Waals surface area contributed by atoms with Gasteiger partial charge in [0.25, 0.3) is 15.7 Å². The normalized spacial score (nSPS) is 11.3. The fourth-order valence-corrected chi connectivity index (χ4v) is 2.22. The van der Waals surface area contributed by atoms with Crippen LogP contribution in [0.15, 0.2) is 35.7 Å². The second-order valence-corrected chi connectivity index (χ2v) is 5.73. The lowest BCUT2D eigenvalue weighted by Gasteiger charge is -2.05. The summed E-state index contributed by atoms with van der Waals surface area (Å²) in [6.07, 6.45) is 2.53. The molecule has 0 saturated heterocycles. The van der Waals surface area contributed by atoms with E-state index in [0.717, 1.165) is 0 Å². The third-order valence-electron chi connectivity index (χ3n) is 2.66. The molecule has 21 heavy (non-hydrogen) atoms. The summed E-state index contributed by atoms with van der Waals surface area (Å²) in [7, 11) is -2.47.